The van der Waals surface area contributed by atoms with Crippen molar-refractivity contribution in [2.75, 3.05) is 5.75 Å². The average Bonchev–Trinajstić information content (AvgIpc) is 2.81. The van der Waals surface area contributed by atoms with E-state index in [0.29, 0.717) is 17.0 Å². The van der Waals surface area contributed by atoms with Gasteiger partial charge in [0.2, 0.25) is 0 Å². The highest BCUT2D eigenvalue weighted by Crippen LogP contribution is 2.35. The molecule has 0 aliphatic rings. The molecule has 0 atom stereocenters. The highest BCUT2D eigenvalue weighted by Gasteiger charge is 2.16. The predicted octanol–water partition coefficient (Wildman–Crippen LogP) is 5.04. The number of thiophene rings is 1. The van der Waals surface area contributed by atoms with Crippen LogP contribution >= 0.6 is 23.1 Å². The lowest BCUT2D eigenvalue weighted by molar-refractivity contribution is 0.102. The molecule has 0 radical (unpaired) electrons. The molecule has 0 spiro atoms. The van der Waals surface area contributed by atoms with Gasteiger partial charge in [-0.1, -0.05) is 11.8 Å². The molecule has 124 valence electrons. The number of thioether (sulfide) groups is 1. The van der Waals surface area contributed by atoms with Crippen LogP contribution in [0.4, 0.5) is 4.39 Å². The zero-order valence-electron chi connectivity index (χ0n) is 13.9. The molecule has 6 heteroatoms. The molecule has 3 aromatic rings. The Balaban J connectivity index is 1.87. The van der Waals surface area contributed by atoms with Gasteiger partial charge in [-0.15, -0.1) is 11.3 Å². The zero-order chi connectivity index (χ0) is 17.4. The second kappa shape index (κ2) is 6.61. The first kappa shape index (κ1) is 17.0. The van der Waals surface area contributed by atoms with Gasteiger partial charge in [0.15, 0.2) is 5.78 Å². The number of Topliss-reactive ketones (excluding diaryl/α,β-unsaturated/α-hetero) is 1. The summed E-state index contributed by atoms with van der Waals surface area (Å²) >= 11 is 3.07. The minimum atomic E-state index is -0.295. The lowest BCUT2D eigenvalue weighted by atomic mass is 10.1. The predicted molar refractivity (Wildman–Crippen MR) is 97.8 cm³/mol. The van der Waals surface area contributed by atoms with Gasteiger partial charge in [0, 0.05) is 15.8 Å². The number of fused-ring (bicyclic) bond motifs is 1. The third kappa shape index (κ3) is 3.21. The Morgan fingerprint density at radius 2 is 1.96 bits per heavy atom. The van der Waals surface area contributed by atoms with Crippen molar-refractivity contribution in [3.63, 3.8) is 0 Å². The Hall–Kier alpha value is -1.79. The van der Waals surface area contributed by atoms with E-state index in [1.54, 1.807) is 24.3 Å². The SMILES string of the molecule is Cc1nc(SCC(=O)c2ccc(F)c(C)c2)c2c(C)c(C)sc2n1. The van der Waals surface area contributed by atoms with Gasteiger partial charge < -0.3 is 0 Å². The average molecular weight is 360 g/mol. The van der Waals surface area contributed by atoms with Crippen molar-refractivity contribution in [1.82, 2.24) is 9.97 Å². The normalized spacial score (nSPS) is 11.2. The topological polar surface area (TPSA) is 42.9 Å². The molecule has 0 bridgehead atoms. The maximum absolute atomic E-state index is 13.3. The Morgan fingerprint density at radius 3 is 2.67 bits per heavy atom. The van der Waals surface area contributed by atoms with Gasteiger partial charge in [0.05, 0.1) is 5.75 Å². The number of halogens is 1. The molecule has 3 rings (SSSR count). The molecule has 1 aromatic carbocycles. The van der Waals surface area contributed by atoms with Crippen LogP contribution in [0.1, 0.15) is 32.2 Å². The number of hydrogen-bond donors (Lipinski definition) is 0. The van der Waals surface area contributed by atoms with Crippen molar-refractivity contribution < 1.29 is 9.18 Å². The number of rotatable bonds is 4. The molecule has 3 nitrogen and oxygen atoms in total. The first-order chi connectivity index (χ1) is 11.4. The fourth-order valence-corrected chi connectivity index (χ4v) is 4.62. The summed E-state index contributed by atoms with van der Waals surface area (Å²) < 4.78 is 13.3. The summed E-state index contributed by atoms with van der Waals surface area (Å²) in [5, 5.41) is 1.88. The summed E-state index contributed by atoms with van der Waals surface area (Å²) in [6.07, 6.45) is 0. The van der Waals surface area contributed by atoms with Crippen molar-refractivity contribution >= 4 is 39.1 Å². The highest BCUT2D eigenvalue weighted by atomic mass is 32.2. The van der Waals surface area contributed by atoms with Gasteiger partial charge in [0.25, 0.3) is 0 Å². The fraction of sp³-hybridized carbons (Fsp3) is 0.278. The number of ketones is 1. The molecule has 0 fully saturated rings. The van der Waals surface area contributed by atoms with Crippen LogP contribution in [-0.2, 0) is 0 Å². The van der Waals surface area contributed by atoms with Gasteiger partial charge in [-0.05, 0) is 57.0 Å². The van der Waals surface area contributed by atoms with Crippen molar-refractivity contribution in [2.24, 2.45) is 0 Å². The van der Waals surface area contributed by atoms with E-state index in [4.69, 9.17) is 0 Å². The fourth-order valence-electron chi connectivity index (χ4n) is 2.45. The number of aromatic nitrogens is 2. The lowest BCUT2D eigenvalue weighted by Crippen LogP contribution is -2.04. The highest BCUT2D eigenvalue weighted by molar-refractivity contribution is 8.00. The van der Waals surface area contributed by atoms with E-state index in [1.165, 1.54) is 34.3 Å². The number of carbonyl (C=O) groups excluding carboxylic acids is 1. The Labute approximate surface area is 148 Å². The molecule has 0 amide bonds. The molecule has 0 saturated heterocycles. The Morgan fingerprint density at radius 1 is 1.21 bits per heavy atom. The monoisotopic (exact) mass is 360 g/mol. The minimum Gasteiger partial charge on any atom is -0.293 e. The number of aryl methyl sites for hydroxylation is 4. The summed E-state index contributed by atoms with van der Waals surface area (Å²) in [6, 6.07) is 4.47. The summed E-state index contributed by atoms with van der Waals surface area (Å²) in [5.41, 5.74) is 2.18. The van der Waals surface area contributed by atoms with Gasteiger partial charge in [-0.2, -0.15) is 0 Å². The van der Waals surface area contributed by atoms with Crippen LogP contribution in [0.25, 0.3) is 10.2 Å². The van der Waals surface area contributed by atoms with E-state index >= 15 is 0 Å². The minimum absolute atomic E-state index is 0.0304. The van der Waals surface area contributed by atoms with Gasteiger partial charge in [0.1, 0.15) is 21.5 Å². The largest absolute Gasteiger partial charge is 0.293 e. The third-order valence-electron chi connectivity index (χ3n) is 3.93. The summed E-state index contributed by atoms with van der Waals surface area (Å²) in [5.74, 6) is 0.649. The van der Waals surface area contributed by atoms with E-state index in [-0.39, 0.29) is 17.4 Å². The summed E-state index contributed by atoms with van der Waals surface area (Å²) in [7, 11) is 0. The van der Waals surface area contributed by atoms with E-state index in [1.807, 2.05) is 6.92 Å². The molecule has 0 unspecified atom stereocenters. The maximum Gasteiger partial charge on any atom is 0.173 e. The van der Waals surface area contributed by atoms with Crippen molar-refractivity contribution in [3.05, 3.63) is 51.4 Å². The number of nitrogens with zero attached hydrogens (tertiary/aromatic N) is 2. The molecule has 0 aliphatic carbocycles. The van der Waals surface area contributed by atoms with Crippen molar-refractivity contribution in [2.45, 2.75) is 32.7 Å². The maximum atomic E-state index is 13.3. The lowest BCUT2D eigenvalue weighted by Gasteiger charge is -2.06. The van der Waals surface area contributed by atoms with Crippen LogP contribution in [0.3, 0.4) is 0 Å². The van der Waals surface area contributed by atoms with Crippen LogP contribution in [0.5, 0.6) is 0 Å². The van der Waals surface area contributed by atoms with Crippen molar-refractivity contribution in [3.8, 4) is 0 Å². The molecule has 0 aliphatic heterocycles. The van der Waals surface area contributed by atoms with E-state index in [0.717, 1.165) is 15.2 Å². The van der Waals surface area contributed by atoms with Crippen LogP contribution in [-0.4, -0.2) is 21.5 Å². The third-order valence-corrected chi connectivity index (χ3v) is 6.00. The molecule has 0 saturated carbocycles. The van der Waals surface area contributed by atoms with E-state index < -0.39 is 0 Å². The molecule has 0 N–H and O–H groups in total. The second-order valence-corrected chi connectivity index (χ2v) is 7.88. The zero-order valence-corrected chi connectivity index (χ0v) is 15.6. The van der Waals surface area contributed by atoms with E-state index in [2.05, 4.69) is 23.8 Å². The molecule has 2 aromatic heterocycles. The van der Waals surface area contributed by atoms with Crippen LogP contribution in [0.2, 0.25) is 0 Å². The van der Waals surface area contributed by atoms with Gasteiger partial charge >= 0.3 is 0 Å². The quantitative estimate of drug-likeness (QED) is 0.371. The van der Waals surface area contributed by atoms with Gasteiger partial charge in [-0.3, -0.25) is 4.79 Å². The number of benzene rings is 1. The summed E-state index contributed by atoms with van der Waals surface area (Å²) in [6.45, 7) is 7.65. The standard InChI is InChI=1S/C18H17FN2OS2/c1-9-7-13(5-6-14(9)19)15(22)8-23-17-16-10(2)11(3)24-18(16)21-12(4)20-17/h5-7H,8H2,1-4H3. The van der Waals surface area contributed by atoms with Crippen LogP contribution < -0.4 is 0 Å². The Bertz CT molecular complexity index is 950. The van der Waals surface area contributed by atoms with E-state index in [9.17, 15) is 9.18 Å². The van der Waals surface area contributed by atoms with Gasteiger partial charge in [-0.25, -0.2) is 14.4 Å². The first-order valence-corrected chi connectivity index (χ1v) is 9.33. The smallest absolute Gasteiger partial charge is 0.173 e. The number of hydrogen-bond acceptors (Lipinski definition) is 5. The first-order valence-electron chi connectivity index (χ1n) is 7.53. The second-order valence-electron chi connectivity index (χ2n) is 5.72. The molecular formula is C18H17FN2OS2. The molecular weight excluding hydrogens is 343 g/mol. The van der Waals surface area contributed by atoms with Crippen LogP contribution in [0.15, 0.2) is 23.2 Å². The number of carbonyl (C=O) groups is 1. The van der Waals surface area contributed by atoms with Crippen molar-refractivity contribution in [1.29, 1.82) is 0 Å². The molecule has 2 heterocycles. The van der Waals surface area contributed by atoms with Crippen LogP contribution in [0, 0.1) is 33.5 Å². The molecule has 24 heavy (non-hydrogen) atoms. The Kier molecular flexibility index (Phi) is 4.69. The summed E-state index contributed by atoms with van der Waals surface area (Å²) in [4.78, 5) is 23.6.